The number of hydrogen-bond donors (Lipinski definition) is 2. The molecule has 0 bridgehead atoms. The Morgan fingerprint density at radius 2 is 2.12 bits per heavy atom. The molecular weight excluding hydrogens is 122 g/mol. The van der Waals surface area contributed by atoms with Crippen molar-refractivity contribution in [3.63, 3.8) is 0 Å². The molecule has 0 aliphatic rings. The number of thiol groups is 1. The maximum absolute atomic E-state index is 5.61. The van der Waals surface area contributed by atoms with Crippen molar-refractivity contribution in [3.8, 4) is 0 Å². The Balaban J connectivity index is 3.11. The molecule has 2 N–H and O–H groups in total. The van der Waals surface area contributed by atoms with Crippen molar-refractivity contribution in [1.82, 2.24) is 0 Å². The molecule has 0 fully saturated rings. The average Bonchev–Trinajstić information content (AvgIpc) is 1.59. The first-order valence-electron chi connectivity index (χ1n) is 2.61. The maximum atomic E-state index is 5.61. The molecule has 0 aromatic rings. The standard InChI is InChI=1S/C5H13NOS/c1-5(2,6)3-4-7-8/h8H,3-4,6H2,1-2H3. The number of hydrogen-bond acceptors (Lipinski definition) is 3. The second-order valence-electron chi connectivity index (χ2n) is 2.57. The molecule has 8 heavy (non-hydrogen) atoms. The molecule has 0 atom stereocenters. The Hall–Kier alpha value is 0.270. The quantitative estimate of drug-likeness (QED) is 0.447. The highest BCUT2D eigenvalue weighted by Crippen LogP contribution is 2.02. The van der Waals surface area contributed by atoms with Gasteiger partial charge in [0.1, 0.15) is 0 Å². The average molecular weight is 135 g/mol. The van der Waals surface area contributed by atoms with Crippen molar-refractivity contribution < 1.29 is 4.18 Å². The van der Waals surface area contributed by atoms with Crippen molar-refractivity contribution in [2.75, 3.05) is 6.61 Å². The lowest BCUT2D eigenvalue weighted by atomic mass is 10.0. The van der Waals surface area contributed by atoms with E-state index in [1.807, 2.05) is 13.8 Å². The van der Waals surface area contributed by atoms with Crippen LogP contribution in [-0.2, 0) is 4.18 Å². The van der Waals surface area contributed by atoms with Gasteiger partial charge in [-0.05, 0) is 33.2 Å². The van der Waals surface area contributed by atoms with Crippen LogP contribution in [0, 0.1) is 0 Å². The zero-order valence-electron chi connectivity index (χ0n) is 5.35. The highest BCUT2D eigenvalue weighted by Gasteiger charge is 2.08. The molecule has 0 heterocycles. The smallest absolute Gasteiger partial charge is 0.0627 e. The molecule has 0 saturated heterocycles. The van der Waals surface area contributed by atoms with E-state index in [9.17, 15) is 0 Å². The molecule has 0 radical (unpaired) electrons. The van der Waals surface area contributed by atoms with Gasteiger partial charge in [-0.3, -0.25) is 0 Å². The van der Waals surface area contributed by atoms with Crippen LogP contribution in [0.25, 0.3) is 0 Å². The van der Waals surface area contributed by atoms with Gasteiger partial charge in [-0.25, -0.2) is 0 Å². The number of rotatable bonds is 3. The van der Waals surface area contributed by atoms with E-state index in [0.29, 0.717) is 6.61 Å². The summed E-state index contributed by atoms with van der Waals surface area (Å²) in [5.41, 5.74) is 5.49. The van der Waals surface area contributed by atoms with E-state index >= 15 is 0 Å². The third-order valence-electron chi connectivity index (χ3n) is 0.838. The first kappa shape index (κ1) is 8.27. The van der Waals surface area contributed by atoms with Crippen LogP contribution >= 0.6 is 12.9 Å². The molecule has 0 spiro atoms. The zero-order chi connectivity index (χ0) is 6.62. The van der Waals surface area contributed by atoms with Gasteiger partial charge < -0.3 is 9.92 Å². The fourth-order valence-electron chi connectivity index (χ4n) is 0.309. The molecule has 0 amide bonds. The third kappa shape index (κ3) is 6.27. The normalized spacial score (nSPS) is 12.0. The molecule has 0 aromatic heterocycles. The molecule has 0 aromatic carbocycles. The molecule has 0 rings (SSSR count). The summed E-state index contributed by atoms with van der Waals surface area (Å²) in [5, 5.41) is 0. The third-order valence-corrected chi connectivity index (χ3v) is 1.02. The van der Waals surface area contributed by atoms with Crippen LogP contribution in [0.3, 0.4) is 0 Å². The SMILES string of the molecule is CC(C)(N)CCOS. The molecule has 0 aliphatic heterocycles. The van der Waals surface area contributed by atoms with Crippen LogP contribution in [0.2, 0.25) is 0 Å². The Morgan fingerprint density at radius 3 is 2.25 bits per heavy atom. The first-order chi connectivity index (χ1) is 3.56. The van der Waals surface area contributed by atoms with Crippen LogP contribution in [0.4, 0.5) is 0 Å². The van der Waals surface area contributed by atoms with Crippen LogP contribution < -0.4 is 5.73 Å². The lowest BCUT2D eigenvalue weighted by Crippen LogP contribution is -2.32. The van der Waals surface area contributed by atoms with E-state index in [0.717, 1.165) is 6.42 Å². The van der Waals surface area contributed by atoms with Gasteiger partial charge in [0.05, 0.1) is 6.61 Å². The van der Waals surface area contributed by atoms with Crippen molar-refractivity contribution in [2.45, 2.75) is 25.8 Å². The largest absolute Gasteiger partial charge is 0.325 e. The zero-order valence-corrected chi connectivity index (χ0v) is 6.24. The van der Waals surface area contributed by atoms with E-state index in [1.54, 1.807) is 0 Å². The van der Waals surface area contributed by atoms with Crippen LogP contribution in [0.1, 0.15) is 20.3 Å². The van der Waals surface area contributed by atoms with Crippen LogP contribution in [0.5, 0.6) is 0 Å². The van der Waals surface area contributed by atoms with Gasteiger partial charge in [0.25, 0.3) is 0 Å². The predicted molar refractivity (Wildman–Crippen MR) is 37.8 cm³/mol. The summed E-state index contributed by atoms with van der Waals surface area (Å²) in [6.45, 7) is 4.53. The molecule has 0 unspecified atom stereocenters. The summed E-state index contributed by atoms with van der Waals surface area (Å²) in [4.78, 5) is 0. The van der Waals surface area contributed by atoms with Crippen molar-refractivity contribution in [2.24, 2.45) is 5.73 Å². The monoisotopic (exact) mass is 135 g/mol. The van der Waals surface area contributed by atoms with E-state index in [1.165, 1.54) is 0 Å². The van der Waals surface area contributed by atoms with Crippen LogP contribution in [-0.4, -0.2) is 12.1 Å². The van der Waals surface area contributed by atoms with Gasteiger partial charge in [0, 0.05) is 5.54 Å². The summed E-state index contributed by atoms with van der Waals surface area (Å²) in [6, 6.07) is 0. The predicted octanol–water partition coefficient (Wildman–Crippen LogP) is 0.975. The van der Waals surface area contributed by atoms with Gasteiger partial charge in [0.15, 0.2) is 0 Å². The van der Waals surface area contributed by atoms with E-state index in [2.05, 4.69) is 17.1 Å². The van der Waals surface area contributed by atoms with Crippen LogP contribution in [0.15, 0.2) is 0 Å². The van der Waals surface area contributed by atoms with Crippen molar-refractivity contribution in [1.29, 1.82) is 0 Å². The molecule has 2 nitrogen and oxygen atoms in total. The van der Waals surface area contributed by atoms with E-state index in [-0.39, 0.29) is 5.54 Å². The van der Waals surface area contributed by atoms with E-state index < -0.39 is 0 Å². The Labute approximate surface area is 56.0 Å². The fourth-order valence-corrected chi connectivity index (χ4v) is 0.400. The maximum Gasteiger partial charge on any atom is 0.0627 e. The highest BCUT2D eigenvalue weighted by atomic mass is 32.1. The Bertz CT molecular complexity index is 59.9. The minimum absolute atomic E-state index is 0.122. The van der Waals surface area contributed by atoms with Gasteiger partial charge >= 0.3 is 0 Å². The minimum atomic E-state index is -0.122. The summed E-state index contributed by atoms with van der Waals surface area (Å²) in [5.74, 6) is 0. The van der Waals surface area contributed by atoms with E-state index in [4.69, 9.17) is 5.73 Å². The van der Waals surface area contributed by atoms with Gasteiger partial charge in [-0.15, -0.1) is 0 Å². The Morgan fingerprint density at radius 1 is 1.62 bits per heavy atom. The van der Waals surface area contributed by atoms with Gasteiger partial charge in [-0.1, -0.05) is 0 Å². The van der Waals surface area contributed by atoms with Gasteiger partial charge in [-0.2, -0.15) is 0 Å². The second-order valence-corrected chi connectivity index (χ2v) is 2.83. The first-order valence-corrected chi connectivity index (χ1v) is 2.98. The fraction of sp³-hybridized carbons (Fsp3) is 1.00. The second kappa shape index (κ2) is 3.33. The van der Waals surface area contributed by atoms with Gasteiger partial charge in [0.2, 0.25) is 0 Å². The molecule has 50 valence electrons. The Kier molecular flexibility index (Phi) is 3.44. The molecular formula is C5H13NOS. The lowest BCUT2D eigenvalue weighted by molar-refractivity contribution is 0.317. The molecule has 3 heteroatoms. The summed E-state index contributed by atoms with van der Waals surface area (Å²) in [6.07, 6.45) is 0.844. The minimum Gasteiger partial charge on any atom is -0.325 e. The topological polar surface area (TPSA) is 35.2 Å². The molecule has 0 saturated carbocycles. The molecule has 0 aliphatic carbocycles. The highest BCUT2D eigenvalue weighted by molar-refractivity contribution is 7.75. The summed E-state index contributed by atoms with van der Waals surface area (Å²) < 4.78 is 4.53. The number of nitrogens with two attached hydrogens (primary N) is 1. The lowest BCUT2D eigenvalue weighted by Gasteiger charge is -2.16. The van der Waals surface area contributed by atoms with Crippen molar-refractivity contribution >= 4 is 12.9 Å². The van der Waals surface area contributed by atoms with Crippen molar-refractivity contribution in [3.05, 3.63) is 0 Å². The summed E-state index contributed by atoms with van der Waals surface area (Å²) >= 11 is 3.58. The summed E-state index contributed by atoms with van der Waals surface area (Å²) in [7, 11) is 0.